The Morgan fingerprint density at radius 1 is 0.960 bits per heavy atom. The predicted molar refractivity (Wildman–Crippen MR) is 95.6 cm³/mol. The van der Waals surface area contributed by atoms with Crippen molar-refractivity contribution in [3.8, 4) is 5.75 Å². The minimum atomic E-state index is -3.70. The third-order valence-corrected chi connectivity index (χ3v) is 5.57. The van der Waals surface area contributed by atoms with E-state index in [1.807, 2.05) is 12.1 Å². The van der Waals surface area contributed by atoms with Crippen molar-refractivity contribution in [1.29, 1.82) is 0 Å². The molecule has 1 unspecified atom stereocenters. The summed E-state index contributed by atoms with van der Waals surface area (Å²) in [4.78, 5) is 0.180. The van der Waals surface area contributed by atoms with Crippen LogP contribution in [0.3, 0.4) is 0 Å². The van der Waals surface area contributed by atoms with Gasteiger partial charge in [-0.05, 0) is 59.7 Å². The molecule has 0 aliphatic heterocycles. The molecule has 6 heteroatoms. The van der Waals surface area contributed by atoms with Crippen LogP contribution in [0.2, 0.25) is 0 Å². The summed E-state index contributed by atoms with van der Waals surface area (Å²) in [7, 11) is -2.12. The summed E-state index contributed by atoms with van der Waals surface area (Å²) in [6.07, 6.45) is 0. The van der Waals surface area contributed by atoms with Crippen molar-refractivity contribution in [3.05, 3.63) is 72.0 Å². The highest BCUT2D eigenvalue weighted by atomic mass is 32.2. The second kappa shape index (κ2) is 6.82. The highest BCUT2D eigenvalue weighted by molar-refractivity contribution is 7.89. The standard InChI is InChI=1S/C19H18FNO3S/c1-13(14-3-7-17(20)8-4-14)21-25(22,23)19-10-6-15-11-18(24-2)9-5-16(15)12-19/h3-13,21H,1-2H3. The van der Waals surface area contributed by atoms with Crippen LogP contribution in [0.15, 0.2) is 65.6 Å². The van der Waals surface area contributed by atoms with E-state index < -0.39 is 16.1 Å². The van der Waals surface area contributed by atoms with Crippen LogP contribution in [0, 0.1) is 5.82 Å². The smallest absolute Gasteiger partial charge is 0.241 e. The van der Waals surface area contributed by atoms with Gasteiger partial charge in [0.05, 0.1) is 12.0 Å². The maximum Gasteiger partial charge on any atom is 0.241 e. The van der Waals surface area contributed by atoms with Gasteiger partial charge in [-0.15, -0.1) is 0 Å². The van der Waals surface area contributed by atoms with Gasteiger partial charge in [-0.3, -0.25) is 0 Å². The van der Waals surface area contributed by atoms with Crippen molar-refractivity contribution in [3.63, 3.8) is 0 Å². The van der Waals surface area contributed by atoms with Crippen LogP contribution >= 0.6 is 0 Å². The lowest BCUT2D eigenvalue weighted by Gasteiger charge is -2.15. The van der Waals surface area contributed by atoms with Gasteiger partial charge in [-0.25, -0.2) is 17.5 Å². The lowest BCUT2D eigenvalue weighted by Crippen LogP contribution is -2.26. The molecule has 0 spiro atoms. The third kappa shape index (κ3) is 3.81. The summed E-state index contributed by atoms with van der Waals surface area (Å²) in [6, 6.07) is 15.6. The van der Waals surface area contributed by atoms with Crippen molar-refractivity contribution >= 4 is 20.8 Å². The van der Waals surface area contributed by atoms with Crippen molar-refractivity contribution in [2.24, 2.45) is 0 Å². The molecule has 1 N–H and O–H groups in total. The highest BCUT2D eigenvalue weighted by Crippen LogP contribution is 2.24. The Kier molecular flexibility index (Phi) is 4.74. The molecule has 1 atom stereocenters. The first kappa shape index (κ1) is 17.4. The molecule has 0 radical (unpaired) electrons. The zero-order chi connectivity index (χ0) is 18.0. The van der Waals surface area contributed by atoms with Crippen LogP contribution in [0.4, 0.5) is 4.39 Å². The molecular weight excluding hydrogens is 341 g/mol. The fourth-order valence-electron chi connectivity index (χ4n) is 2.62. The second-order valence-electron chi connectivity index (χ2n) is 5.77. The lowest BCUT2D eigenvalue weighted by atomic mass is 10.1. The Bertz CT molecular complexity index is 1000. The Hall–Kier alpha value is -2.44. The molecule has 0 saturated carbocycles. The van der Waals surface area contributed by atoms with E-state index in [0.717, 1.165) is 10.8 Å². The van der Waals surface area contributed by atoms with Gasteiger partial charge in [-0.1, -0.05) is 24.3 Å². The summed E-state index contributed by atoms with van der Waals surface area (Å²) >= 11 is 0. The number of fused-ring (bicyclic) bond motifs is 1. The van der Waals surface area contributed by atoms with Gasteiger partial charge in [0.2, 0.25) is 10.0 Å². The van der Waals surface area contributed by atoms with Crippen molar-refractivity contribution < 1.29 is 17.5 Å². The Balaban J connectivity index is 1.88. The molecule has 4 nitrogen and oxygen atoms in total. The van der Waals surface area contributed by atoms with Gasteiger partial charge in [-0.2, -0.15) is 0 Å². The summed E-state index contributed by atoms with van der Waals surface area (Å²) in [5.41, 5.74) is 0.690. The first-order valence-electron chi connectivity index (χ1n) is 7.75. The molecule has 0 aliphatic carbocycles. The maximum atomic E-state index is 13.0. The fourth-order valence-corrected chi connectivity index (χ4v) is 3.88. The van der Waals surface area contributed by atoms with Gasteiger partial charge in [0.1, 0.15) is 11.6 Å². The summed E-state index contributed by atoms with van der Waals surface area (Å²) in [6.45, 7) is 1.72. The molecule has 3 rings (SSSR count). The Labute approximate surface area is 146 Å². The van der Waals surface area contributed by atoms with Crippen molar-refractivity contribution in [2.45, 2.75) is 17.9 Å². The lowest BCUT2D eigenvalue weighted by molar-refractivity contribution is 0.415. The van der Waals surface area contributed by atoms with Crippen molar-refractivity contribution in [2.75, 3.05) is 7.11 Å². The number of halogens is 1. The largest absolute Gasteiger partial charge is 0.497 e. The van der Waals surface area contributed by atoms with E-state index in [2.05, 4.69) is 4.72 Å². The molecule has 0 aliphatic rings. The van der Waals surface area contributed by atoms with E-state index in [4.69, 9.17) is 4.74 Å². The van der Waals surface area contributed by atoms with E-state index in [1.54, 1.807) is 50.4 Å². The second-order valence-corrected chi connectivity index (χ2v) is 7.48. The zero-order valence-corrected chi connectivity index (χ0v) is 14.7. The minimum Gasteiger partial charge on any atom is -0.497 e. The summed E-state index contributed by atoms with van der Waals surface area (Å²) in [5.74, 6) is 0.356. The SMILES string of the molecule is COc1ccc2cc(S(=O)(=O)NC(C)c3ccc(F)cc3)ccc2c1. The van der Waals surface area contributed by atoms with Gasteiger partial charge < -0.3 is 4.74 Å². The van der Waals surface area contributed by atoms with Gasteiger partial charge in [0.15, 0.2) is 0 Å². The Morgan fingerprint density at radius 2 is 1.60 bits per heavy atom. The summed E-state index contributed by atoms with van der Waals surface area (Å²) < 4.78 is 46.1. The summed E-state index contributed by atoms with van der Waals surface area (Å²) in [5, 5.41) is 1.70. The van der Waals surface area contributed by atoms with Gasteiger partial charge >= 0.3 is 0 Å². The number of sulfonamides is 1. The third-order valence-electron chi connectivity index (χ3n) is 4.03. The quantitative estimate of drug-likeness (QED) is 0.748. The normalized spacial score (nSPS) is 12.9. The molecule has 25 heavy (non-hydrogen) atoms. The Morgan fingerprint density at radius 3 is 2.28 bits per heavy atom. The first-order chi connectivity index (χ1) is 11.9. The number of nitrogens with one attached hydrogen (secondary N) is 1. The van der Waals surface area contributed by atoms with E-state index >= 15 is 0 Å². The molecule has 130 valence electrons. The molecule has 0 fully saturated rings. The molecule has 0 amide bonds. The minimum absolute atomic E-state index is 0.180. The highest BCUT2D eigenvalue weighted by Gasteiger charge is 2.19. The molecule has 0 heterocycles. The molecule has 3 aromatic carbocycles. The average molecular weight is 359 g/mol. The monoisotopic (exact) mass is 359 g/mol. The van der Waals surface area contributed by atoms with Crippen LogP contribution in [-0.4, -0.2) is 15.5 Å². The van der Waals surface area contributed by atoms with Crippen molar-refractivity contribution in [1.82, 2.24) is 4.72 Å². The van der Waals surface area contributed by atoms with Crippen LogP contribution in [-0.2, 0) is 10.0 Å². The molecular formula is C19H18FNO3S. The van der Waals surface area contributed by atoms with Gasteiger partial charge in [0, 0.05) is 6.04 Å². The molecule has 0 bridgehead atoms. The fraction of sp³-hybridized carbons (Fsp3) is 0.158. The van der Waals surface area contributed by atoms with Gasteiger partial charge in [0.25, 0.3) is 0 Å². The molecule has 0 aromatic heterocycles. The number of hydrogen-bond acceptors (Lipinski definition) is 3. The topological polar surface area (TPSA) is 55.4 Å². The molecule has 0 saturated heterocycles. The maximum absolute atomic E-state index is 13.0. The number of rotatable bonds is 5. The zero-order valence-electron chi connectivity index (χ0n) is 13.9. The van der Waals surface area contributed by atoms with Crippen LogP contribution in [0.5, 0.6) is 5.75 Å². The average Bonchev–Trinajstić information content (AvgIpc) is 2.60. The number of ether oxygens (including phenoxy) is 1. The molecule has 3 aromatic rings. The van der Waals surface area contributed by atoms with E-state index in [-0.39, 0.29) is 10.7 Å². The van der Waals surface area contributed by atoms with Crippen LogP contribution in [0.1, 0.15) is 18.5 Å². The predicted octanol–water partition coefficient (Wildman–Crippen LogP) is 4.03. The first-order valence-corrected chi connectivity index (χ1v) is 9.23. The van der Waals surface area contributed by atoms with Crippen LogP contribution in [0.25, 0.3) is 10.8 Å². The number of methoxy groups -OCH3 is 1. The number of hydrogen-bond donors (Lipinski definition) is 1. The number of benzene rings is 3. The van der Waals surface area contributed by atoms with Crippen LogP contribution < -0.4 is 9.46 Å². The van der Waals surface area contributed by atoms with E-state index in [0.29, 0.717) is 11.3 Å². The van der Waals surface area contributed by atoms with E-state index in [9.17, 15) is 12.8 Å². The van der Waals surface area contributed by atoms with E-state index in [1.165, 1.54) is 12.1 Å².